The van der Waals surface area contributed by atoms with E-state index in [1.165, 1.54) is 7.11 Å². The first-order chi connectivity index (χ1) is 12.2. The molecule has 138 valence electrons. The Morgan fingerprint density at radius 3 is 2.50 bits per heavy atom. The van der Waals surface area contributed by atoms with Crippen LogP contribution in [-0.4, -0.2) is 24.6 Å². The lowest BCUT2D eigenvalue weighted by molar-refractivity contribution is 0.0523. The monoisotopic (exact) mass is 375 g/mol. The zero-order valence-corrected chi connectivity index (χ0v) is 16.0. The molecule has 1 N–H and O–H groups in total. The summed E-state index contributed by atoms with van der Waals surface area (Å²) in [6.07, 6.45) is -0.509. The molecule has 0 aliphatic rings. The van der Waals surface area contributed by atoms with E-state index in [9.17, 15) is 9.59 Å². The Morgan fingerprint density at radius 2 is 1.85 bits per heavy atom. The van der Waals surface area contributed by atoms with E-state index in [1.54, 1.807) is 57.2 Å². The zero-order valence-electron chi connectivity index (χ0n) is 15.3. The molecule has 0 radical (unpaired) electrons. The molecule has 0 unspecified atom stereocenters. The van der Waals surface area contributed by atoms with Gasteiger partial charge in [-0.25, -0.2) is 4.79 Å². The van der Waals surface area contributed by atoms with Gasteiger partial charge in [0.05, 0.1) is 12.7 Å². The number of benzene rings is 2. The molecule has 5 nitrogen and oxygen atoms in total. The van der Waals surface area contributed by atoms with E-state index in [2.05, 4.69) is 5.32 Å². The first-order valence-corrected chi connectivity index (χ1v) is 8.51. The van der Waals surface area contributed by atoms with Crippen LogP contribution in [0.2, 0.25) is 5.02 Å². The number of rotatable bonds is 5. The largest absolute Gasteiger partial charge is 0.496 e. The summed E-state index contributed by atoms with van der Waals surface area (Å²) in [5.74, 6) is 0.250. The van der Waals surface area contributed by atoms with Crippen LogP contribution in [0.3, 0.4) is 0 Å². The molecule has 0 bridgehead atoms. The third-order valence-corrected chi connectivity index (χ3v) is 3.67. The summed E-state index contributed by atoms with van der Waals surface area (Å²) < 4.78 is 10.4. The van der Waals surface area contributed by atoms with Gasteiger partial charge in [0.2, 0.25) is 0 Å². The minimum Gasteiger partial charge on any atom is -0.496 e. The van der Waals surface area contributed by atoms with Crippen molar-refractivity contribution in [3.05, 3.63) is 64.2 Å². The number of ether oxygens (including phenoxy) is 2. The van der Waals surface area contributed by atoms with Crippen molar-refractivity contribution >= 4 is 23.5 Å². The molecule has 1 amide bonds. The summed E-state index contributed by atoms with van der Waals surface area (Å²) in [4.78, 5) is 24.6. The van der Waals surface area contributed by atoms with E-state index < -0.39 is 11.7 Å². The molecule has 0 fully saturated rings. The van der Waals surface area contributed by atoms with Crippen LogP contribution in [0.4, 0.5) is 4.79 Å². The van der Waals surface area contributed by atoms with Crippen LogP contribution >= 0.6 is 11.6 Å². The summed E-state index contributed by atoms with van der Waals surface area (Å²) in [5.41, 5.74) is 1.08. The fourth-order valence-corrected chi connectivity index (χ4v) is 2.50. The van der Waals surface area contributed by atoms with Gasteiger partial charge in [-0.05, 0) is 50.6 Å². The number of hydrogen-bond acceptors (Lipinski definition) is 4. The molecule has 26 heavy (non-hydrogen) atoms. The molecule has 0 saturated carbocycles. The predicted octanol–water partition coefficient (Wildman–Crippen LogP) is 4.60. The van der Waals surface area contributed by atoms with Gasteiger partial charge in [-0.2, -0.15) is 0 Å². The van der Waals surface area contributed by atoms with E-state index in [4.69, 9.17) is 21.1 Å². The molecule has 0 aromatic heterocycles. The van der Waals surface area contributed by atoms with Crippen molar-refractivity contribution in [2.24, 2.45) is 0 Å². The zero-order chi connectivity index (χ0) is 19.3. The van der Waals surface area contributed by atoms with Gasteiger partial charge in [0.1, 0.15) is 11.4 Å². The fraction of sp³-hybridized carbons (Fsp3) is 0.300. The molecule has 0 aliphatic carbocycles. The number of halogens is 1. The maximum absolute atomic E-state index is 12.8. The summed E-state index contributed by atoms with van der Waals surface area (Å²) in [6, 6.07) is 11.9. The van der Waals surface area contributed by atoms with Crippen molar-refractivity contribution < 1.29 is 19.1 Å². The van der Waals surface area contributed by atoms with Crippen molar-refractivity contribution in [2.45, 2.75) is 32.9 Å². The SMILES string of the molecule is COc1ccc(Cl)cc1C(=O)c1cccc(CNC(=O)OC(C)(C)C)c1. The van der Waals surface area contributed by atoms with E-state index in [0.717, 1.165) is 5.56 Å². The Hall–Kier alpha value is -2.53. The summed E-state index contributed by atoms with van der Waals surface area (Å²) in [5, 5.41) is 3.13. The van der Waals surface area contributed by atoms with Gasteiger partial charge < -0.3 is 14.8 Å². The number of amides is 1. The van der Waals surface area contributed by atoms with Crippen LogP contribution < -0.4 is 10.1 Å². The molecule has 2 aromatic rings. The maximum Gasteiger partial charge on any atom is 0.407 e. The van der Waals surface area contributed by atoms with Crippen molar-refractivity contribution in [1.82, 2.24) is 5.32 Å². The van der Waals surface area contributed by atoms with Crippen molar-refractivity contribution in [2.75, 3.05) is 7.11 Å². The quantitative estimate of drug-likeness (QED) is 0.775. The summed E-state index contributed by atoms with van der Waals surface area (Å²) in [6.45, 7) is 5.64. The molecule has 2 rings (SSSR count). The van der Waals surface area contributed by atoms with Crippen molar-refractivity contribution in [3.63, 3.8) is 0 Å². The highest BCUT2D eigenvalue weighted by atomic mass is 35.5. The topological polar surface area (TPSA) is 64.6 Å². The highest BCUT2D eigenvalue weighted by Gasteiger charge is 2.17. The van der Waals surface area contributed by atoms with Gasteiger partial charge in [0.15, 0.2) is 5.78 Å². The van der Waals surface area contributed by atoms with Crippen molar-refractivity contribution in [3.8, 4) is 5.75 Å². The number of carbonyl (C=O) groups is 2. The van der Waals surface area contributed by atoms with Crippen LogP contribution in [0.1, 0.15) is 42.3 Å². The lowest BCUT2D eigenvalue weighted by atomic mass is 10.0. The van der Waals surface area contributed by atoms with E-state index in [1.807, 2.05) is 6.07 Å². The average Bonchev–Trinajstić information content (AvgIpc) is 2.58. The smallest absolute Gasteiger partial charge is 0.407 e. The van der Waals surface area contributed by atoms with Gasteiger partial charge >= 0.3 is 6.09 Å². The number of alkyl carbamates (subject to hydrolysis) is 1. The summed E-state index contributed by atoms with van der Waals surface area (Å²) >= 11 is 6.00. The second-order valence-electron chi connectivity index (χ2n) is 6.73. The van der Waals surface area contributed by atoms with Crippen molar-refractivity contribution in [1.29, 1.82) is 0 Å². The van der Waals surface area contributed by atoms with Crippen LogP contribution in [0, 0.1) is 0 Å². The first-order valence-electron chi connectivity index (χ1n) is 8.13. The lowest BCUT2D eigenvalue weighted by Gasteiger charge is -2.19. The van der Waals surface area contributed by atoms with E-state index in [0.29, 0.717) is 21.9 Å². The number of hydrogen-bond donors (Lipinski definition) is 1. The molecule has 0 atom stereocenters. The van der Waals surface area contributed by atoms with Crippen LogP contribution in [0.15, 0.2) is 42.5 Å². The lowest BCUT2D eigenvalue weighted by Crippen LogP contribution is -2.32. The first kappa shape index (κ1) is 19.8. The Morgan fingerprint density at radius 1 is 1.12 bits per heavy atom. The standard InChI is InChI=1S/C20H22ClNO4/c1-20(2,3)26-19(24)22-12-13-6-5-7-14(10-13)18(23)16-11-15(21)8-9-17(16)25-4/h5-11H,12H2,1-4H3,(H,22,24). The Balaban J connectivity index is 2.15. The Kier molecular flexibility index (Phi) is 6.27. The number of carbonyl (C=O) groups excluding carboxylic acids is 2. The molecule has 0 aliphatic heterocycles. The minimum atomic E-state index is -0.564. The Bertz CT molecular complexity index is 812. The highest BCUT2D eigenvalue weighted by molar-refractivity contribution is 6.31. The average molecular weight is 376 g/mol. The molecule has 2 aromatic carbocycles. The molecule has 0 saturated heterocycles. The van der Waals surface area contributed by atoms with E-state index >= 15 is 0 Å². The second-order valence-corrected chi connectivity index (χ2v) is 7.17. The third-order valence-electron chi connectivity index (χ3n) is 3.43. The molecule has 6 heteroatoms. The Labute approximate surface area is 158 Å². The number of nitrogens with one attached hydrogen (secondary N) is 1. The van der Waals surface area contributed by atoms with Gasteiger partial charge in [0, 0.05) is 17.1 Å². The second kappa shape index (κ2) is 8.23. The molecular weight excluding hydrogens is 354 g/mol. The summed E-state index contributed by atoms with van der Waals surface area (Å²) in [7, 11) is 1.50. The number of ketones is 1. The predicted molar refractivity (Wildman–Crippen MR) is 101 cm³/mol. The fourth-order valence-electron chi connectivity index (χ4n) is 2.32. The number of methoxy groups -OCH3 is 1. The van der Waals surface area contributed by atoms with Crippen LogP contribution in [-0.2, 0) is 11.3 Å². The maximum atomic E-state index is 12.8. The van der Waals surface area contributed by atoms with Crippen LogP contribution in [0.5, 0.6) is 5.75 Å². The molecule has 0 spiro atoms. The van der Waals surface area contributed by atoms with Crippen LogP contribution in [0.25, 0.3) is 0 Å². The molecular formula is C20H22ClNO4. The van der Waals surface area contributed by atoms with Gasteiger partial charge in [-0.15, -0.1) is 0 Å². The normalized spacial score (nSPS) is 11.0. The molecule has 0 heterocycles. The highest BCUT2D eigenvalue weighted by Crippen LogP contribution is 2.25. The van der Waals surface area contributed by atoms with Gasteiger partial charge in [-0.1, -0.05) is 29.8 Å². The third kappa shape index (κ3) is 5.49. The van der Waals surface area contributed by atoms with E-state index in [-0.39, 0.29) is 12.3 Å². The van der Waals surface area contributed by atoms with Gasteiger partial charge in [0.25, 0.3) is 0 Å². The van der Waals surface area contributed by atoms with Gasteiger partial charge in [-0.3, -0.25) is 4.79 Å². The minimum absolute atomic E-state index is 0.205.